The fourth-order valence-corrected chi connectivity index (χ4v) is 4.42. The van der Waals surface area contributed by atoms with Gasteiger partial charge in [0.25, 0.3) is 0 Å². The number of carbonyl (C=O) groups excluding carboxylic acids is 1. The molecule has 4 rings (SSSR count). The van der Waals surface area contributed by atoms with Gasteiger partial charge in [-0.3, -0.25) is 4.79 Å². The van der Waals surface area contributed by atoms with Gasteiger partial charge in [0.15, 0.2) is 5.82 Å². The molecule has 1 aliphatic heterocycles. The van der Waals surface area contributed by atoms with Gasteiger partial charge in [0, 0.05) is 18.1 Å². The number of piperidine rings is 1. The molecular formula is C20H18Cl2N4OS. The smallest absolute Gasteiger partial charge is 0.229 e. The third-order valence-electron chi connectivity index (χ3n) is 4.73. The van der Waals surface area contributed by atoms with Crippen LogP contribution in [0.4, 0.5) is 11.5 Å². The minimum Gasteiger partial charge on any atom is -0.354 e. The molecule has 1 unspecified atom stereocenters. The molecule has 0 aliphatic carbocycles. The minimum atomic E-state index is -0.140. The summed E-state index contributed by atoms with van der Waals surface area (Å²) in [7, 11) is 0. The van der Waals surface area contributed by atoms with Gasteiger partial charge in [-0.05, 0) is 54.6 Å². The van der Waals surface area contributed by atoms with Crippen molar-refractivity contribution in [3.63, 3.8) is 0 Å². The first-order valence-corrected chi connectivity index (χ1v) is 10.6. The summed E-state index contributed by atoms with van der Waals surface area (Å²) in [6.45, 7) is 1.46. The number of hydrogen-bond donors (Lipinski definition) is 1. The van der Waals surface area contributed by atoms with Gasteiger partial charge in [-0.15, -0.1) is 21.5 Å². The number of nitrogens with zero attached hydrogens (tertiary/aromatic N) is 3. The first kappa shape index (κ1) is 19.2. The van der Waals surface area contributed by atoms with Crippen molar-refractivity contribution in [2.45, 2.75) is 12.8 Å². The molecule has 0 saturated carbocycles. The van der Waals surface area contributed by atoms with Gasteiger partial charge in [-0.2, -0.15) is 0 Å². The van der Waals surface area contributed by atoms with E-state index < -0.39 is 0 Å². The van der Waals surface area contributed by atoms with E-state index in [1.165, 1.54) is 0 Å². The highest BCUT2D eigenvalue weighted by Crippen LogP contribution is 2.28. The second-order valence-electron chi connectivity index (χ2n) is 6.65. The minimum absolute atomic E-state index is 0.0444. The number of hydrogen-bond acceptors (Lipinski definition) is 5. The van der Waals surface area contributed by atoms with E-state index in [9.17, 15) is 4.79 Å². The van der Waals surface area contributed by atoms with E-state index in [0.29, 0.717) is 22.3 Å². The highest BCUT2D eigenvalue weighted by molar-refractivity contribution is 7.13. The summed E-state index contributed by atoms with van der Waals surface area (Å²) in [6, 6.07) is 13.0. The molecule has 0 spiro atoms. The molecule has 28 heavy (non-hydrogen) atoms. The maximum Gasteiger partial charge on any atom is 0.229 e. The van der Waals surface area contributed by atoms with Crippen molar-refractivity contribution in [1.82, 2.24) is 10.2 Å². The monoisotopic (exact) mass is 432 g/mol. The van der Waals surface area contributed by atoms with Gasteiger partial charge in [0.05, 0.1) is 21.5 Å². The Hall–Kier alpha value is -2.15. The van der Waals surface area contributed by atoms with E-state index in [0.717, 1.165) is 35.8 Å². The molecule has 0 radical (unpaired) electrons. The number of amides is 1. The Kier molecular flexibility index (Phi) is 5.80. The van der Waals surface area contributed by atoms with Crippen LogP contribution in [0.3, 0.4) is 0 Å². The van der Waals surface area contributed by atoms with Gasteiger partial charge >= 0.3 is 0 Å². The van der Waals surface area contributed by atoms with Crippen LogP contribution in [0, 0.1) is 5.92 Å². The van der Waals surface area contributed by atoms with Crippen LogP contribution in [0.1, 0.15) is 12.8 Å². The fraction of sp³-hybridized carbons (Fsp3) is 0.250. The molecule has 3 heterocycles. The van der Waals surface area contributed by atoms with E-state index in [1.807, 2.05) is 29.6 Å². The lowest BCUT2D eigenvalue weighted by Crippen LogP contribution is -2.41. The molecule has 0 bridgehead atoms. The summed E-state index contributed by atoms with van der Waals surface area (Å²) in [5, 5.41) is 14.6. The van der Waals surface area contributed by atoms with Crippen LogP contribution in [0.5, 0.6) is 0 Å². The summed E-state index contributed by atoms with van der Waals surface area (Å²) >= 11 is 13.7. The summed E-state index contributed by atoms with van der Waals surface area (Å²) < 4.78 is 0. The standard InChI is InChI=1S/C20H18Cl2N4OS/c21-14-5-6-16(15(22)11-14)23-20(27)13-3-1-9-26(12-13)19-8-7-17(24-25-19)18-4-2-10-28-18/h2,4-8,10-11,13H,1,3,9,12H2,(H,23,27). The SMILES string of the molecule is O=C(Nc1ccc(Cl)cc1Cl)C1CCCN(c2ccc(-c3cccs3)nn2)C1. The van der Waals surface area contributed by atoms with Gasteiger partial charge < -0.3 is 10.2 Å². The Morgan fingerprint density at radius 1 is 1.18 bits per heavy atom. The van der Waals surface area contributed by atoms with Crippen molar-refractivity contribution < 1.29 is 4.79 Å². The van der Waals surface area contributed by atoms with Crippen LogP contribution in [0.15, 0.2) is 47.8 Å². The first-order valence-electron chi connectivity index (χ1n) is 8.98. The number of carbonyl (C=O) groups is 1. The maximum absolute atomic E-state index is 12.7. The number of nitrogens with one attached hydrogen (secondary N) is 1. The highest BCUT2D eigenvalue weighted by Gasteiger charge is 2.27. The molecule has 1 aliphatic rings. The third kappa shape index (κ3) is 4.29. The number of thiophene rings is 1. The van der Waals surface area contributed by atoms with Crippen molar-refractivity contribution in [1.29, 1.82) is 0 Å². The number of benzene rings is 1. The normalized spacial score (nSPS) is 16.8. The molecule has 1 N–H and O–H groups in total. The van der Waals surface area contributed by atoms with Crippen molar-refractivity contribution >= 4 is 52.0 Å². The van der Waals surface area contributed by atoms with E-state index in [1.54, 1.807) is 29.5 Å². The summed E-state index contributed by atoms with van der Waals surface area (Å²) in [4.78, 5) is 15.9. The van der Waals surface area contributed by atoms with Gasteiger partial charge in [-0.25, -0.2) is 0 Å². The van der Waals surface area contributed by atoms with Crippen molar-refractivity contribution in [2.24, 2.45) is 5.92 Å². The van der Waals surface area contributed by atoms with Gasteiger partial charge in [0.2, 0.25) is 5.91 Å². The average Bonchev–Trinajstić information content (AvgIpc) is 3.25. The summed E-state index contributed by atoms with van der Waals surface area (Å²) in [5.74, 6) is 0.610. The van der Waals surface area contributed by atoms with Crippen molar-refractivity contribution in [3.8, 4) is 10.6 Å². The summed E-state index contributed by atoms with van der Waals surface area (Å²) in [5.41, 5.74) is 1.44. The molecule has 1 amide bonds. The molecule has 2 aromatic heterocycles. The Labute approximate surface area is 177 Å². The van der Waals surface area contributed by atoms with Crippen molar-refractivity contribution in [3.05, 3.63) is 57.9 Å². The molecule has 144 valence electrons. The molecule has 1 fully saturated rings. The summed E-state index contributed by atoms with van der Waals surface area (Å²) in [6.07, 6.45) is 1.75. The average molecular weight is 433 g/mol. The van der Waals surface area contributed by atoms with Crippen LogP contribution >= 0.6 is 34.5 Å². The Morgan fingerprint density at radius 3 is 2.79 bits per heavy atom. The van der Waals surface area contributed by atoms with E-state index in [4.69, 9.17) is 23.2 Å². The third-order valence-corrected chi connectivity index (χ3v) is 6.17. The second-order valence-corrected chi connectivity index (χ2v) is 8.44. The van der Waals surface area contributed by atoms with Crippen LogP contribution in [0.2, 0.25) is 10.0 Å². The predicted octanol–water partition coefficient (Wildman–Crippen LogP) is 5.37. The highest BCUT2D eigenvalue weighted by atomic mass is 35.5. The lowest BCUT2D eigenvalue weighted by Gasteiger charge is -2.32. The van der Waals surface area contributed by atoms with Crippen LogP contribution in [-0.2, 0) is 4.79 Å². The Morgan fingerprint density at radius 2 is 2.07 bits per heavy atom. The topological polar surface area (TPSA) is 58.1 Å². The number of halogens is 2. The molecule has 1 atom stereocenters. The molecule has 8 heteroatoms. The molecular weight excluding hydrogens is 415 g/mol. The Bertz CT molecular complexity index is 963. The lowest BCUT2D eigenvalue weighted by molar-refractivity contribution is -0.120. The van der Waals surface area contributed by atoms with Crippen molar-refractivity contribution in [2.75, 3.05) is 23.3 Å². The Balaban J connectivity index is 1.43. The van der Waals surface area contributed by atoms with E-state index in [2.05, 4.69) is 20.4 Å². The maximum atomic E-state index is 12.7. The fourth-order valence-electron chi connectivity index (χ4n) is 3.27. The predicted molar refractivity (Wildman–Crippen MR) is 115 cm³/mol. The number of rotatable bonds is 4. The molecule has 3 aromatic rings. The van der Waals surface area contributed by atoms with Crippen LogP contribution in [-0.4, -0.2) is 29.2 Å². The number of aromatic nitrogens is 2. The molecule has 5 nitrogen and oxygen atoms in total. The second kappa shape index (κ2) is 8.47. The largest absolute Gasteiger partial charge is 0.354 e. The zero-order chi connectivity index (χ0) is 19.5. The van der Waals surface area contributed by atoms with Crippen LogP contribution in [0.25, 0.3) is 10.6 Å². The lowest BCUT2D eigenvalue weighted by atomic mass is 9.97. The zero-order valence-electron chi connectivity index (χ0n) is 14.9. The molecule has 1 saturated heterocycles. The quantitative estimate of drug-likeness (QED) is 0.601. The van der Waals surface area contributed by atoms with E-state index in [-0.39, 0.29) is 11.8 Å². The van der Waals surface area contributed by atoms with Gasteiger partial charge in [-0.1, -0.05) is 29.3 Å². The van der Waals surface area contributed by atoms with E-state index >= 15 is 0 Å². The first-order chi connectivity index (χ1) is 13.6. The molecule has 1 aromatic carbocycles. The zero-order valence-corrected chi connectivity index (χ0v) is 17.3. The van der Waals surface area contributed by atoms with Crippen LogP contribution < -0.4 is 10.2 Å². The number of anilines is 2. The van der Waals surface area contributed by atoms with Gasteiger partial charge in [0.1, 0.15) is 5.69 Å².